The van der Waals surface area contributed by atoms with E-state index in [0.29, 0.717) is 18.5 Å². The van der Waals surface area contributed by atoms with E-state index in [-0.39, 0.29) is 33.6 Å². The van der Waals surface area contributed by atoms with Crippen molar-refractivity contribution in [3.8, 4) is 11.5 Å². The van der Waals surface area contributed by atoms with Crippen molar-refractivity contribution in [3.63, 3.8) is 0 Å². The molecule has 0 aliphatic carbocycles. The van der Waals surface area contributed by atoms with E-state index < -0.39 is 17.0 Å². The second-order valence-corrected chi connectivity index (χ2v) is 6.49. The molecule has 142 valence electrons. The first-order valence-electron chi connectivity index (χ1n) is 8.23. The fourth-order valence-electron chi connectivity index (χ4n) is 2.95. The smallest absolute Gasteiger partial charge is 0.332 e. The fourth-order valence-corrected chi connectivity index (χ4v) is 3.17. The van der Waals surface area contributed by atoms with Gasteiger partial charge in [-0.3, -0.25) is 18.7 Å². The number of benzene rings is 1. The Morgan fingerprint density at radius 3 is 2.63 bits per heavy atom. The largest absolute Gasteiger partial charge is 0.503 e. The highest BCUT2D eigenvalue weighted by molar-refractivity contribution is 6.32. The van der Waals surface area contributed by atoms with Gasteiger partial charge < -0.3 is 15.2 Å². The fraction of sp³-hybridized carbons (Fsp3) is 0.278. The van der Waals surface area contributed by atoms with Crippen molar-refractivity contribution in [2.24, 2.45) is 7.05 Å². The number of phenolic OH excluding ortho intramolecular Hbond substituents is 1. The molecular weight excluding hydrogens is 374 g/mol. The van der Waals surface area contributed by atoms with Crippen molar-refractivity contribution in [3.05, 3.63) is 54.8 Å². The van der Waals surface area contributed by atoms with Crippen LogP contribution in [-0.4, -0.2) is 27.1 Å². The Morgan fingerprint density at radius 2 is 2.00 bits per heavy atom. The molecule has 1 aliphatic heterocycles. The van der Waals surface area contributed by atoms with Crippen molar-refractivity contribution in [2.75, 3.05) is 12.4 Å². The predicted molar refractivity (Wildman–Crippen MR) is 102 cm³/mol. The number of aromatic nitrogens is 2. The van der Waals surface area contributed by atoms with Crippen molar-refractivity contribution >= 4 is 29.3 Å². The van der Waals surface area contributed by atoms with Crippen LogP contribution < -0.4 is 21.3 Å². The molecule has 9 heteroatoms. The zero-order chi connectivity index (χ0) is 19.9. The number of ether oxygens (including phenoxy) is 1. The van der Waals surface area contributed by atoms with Crippen LogP contribution in [0.1, 0.15) is 29.3 Å². The summed E-state index contributed by atoms with van der Waals surface area (Å²) in [4.78, 5) is 37.6. The summed E-state index contributed by atoms with van der Waals surface area (Å²) >= 11 is 5.98. The Hall–Kier alpha value is -3.00. The van der Waals surface area contributed by atoms with E-state index in [1.165, 1.54) is 36.9 Å². The van der Waals surface area contributed by atoms with Crippen LogP contribution in [0.25, 0.3) is 6.08 Å². The number of ketones is 1. The third kappa shape index (κ3) is 3.02. The van der Waals surface area contributed by atoms with Crippen LogP contribution in [0.15, 0.2) is 27.4 Å². The van der Waals surface area contributed by atoms with Crippen LogP contribution in [0.4, 0.5) is 5.82 Å². The van der Waals surface area contributed by atoms with Crippen LogP contribution in [0.5, 0.6) is 11.5 Å². The van der Waals surface area contributed by atoms with Gasteiger partial charge in [0.05, 0.1) is 17.8 Å². The summed E-state index contributed by atoms with van der Waals surface area (Å²) in [5, 5.41) is 12.8. The molecule has 0 fully saturated rings. The van der Waals surface area contributed by atoms with Crippen molar-refractivity contribution in [1.29, 1.82) is 0 Å². The second-order valence-electron chi connectivity index (χ2n) is 6.09. The molecule has 1 aliphatic rings. The van der Waals surface area contributed by atoms with Crippen molar-refractivity contribution < 1.29 is 14.6 Å². The number of nitrogens with one attached hydrogen (secondary N) is 1. The van der Waals surface area contributed by atoms with E-state index in [9.17, 15) is 19.5 Å². The molecule has 0 saturated heterocycles. The Bertz CT molecular complexity index is 1100. The third-order valence-corrected chi connectivity index (χ3v) is 4.58. The maximum absolute atomic E-state index is 12.8. The summed E-state index contributed by atoms with van der Waals surface area (Å²) in [5.41, 5.74) is -0.601. The van der Waals surface area contributed by atoms with Crippen molar-refractivity contribution in [2.45, 2.75) is 19.9 Å². The van der Waals surface area contributed by atoms with Crippen LogP contribution in [-0.2, 0) is 13.6 Å². The standard InChI is InChI=1S/C18H18ClN3O5/c1-4-5-22-16-13(17(25)21(2)18(22)26)15(24)11(20-16)7-9-6-10(19)14(23)12(8-9)27-3/h6-8,20,23H,4-5H2,1-3H3/b11-7+. The number of rotatable bonds is 4. The lowest BCUT2D eigenvalue weighted by atomic mass is 10.1. The predicted octanol–water partition coefficient (Wildman–Crippen LogP) is 1.97. The first kappa shape index (κ1) is 18.8. The molecule has 27 heavy (non-hydrogen) atoms. The highest BCUT2D eigenvalue weighted by Gasteiger charge is 2.32. The molecule has 0 amide bonds. The quantitative estimate of drug-likeness (QED) is 0.772. The molecule has 0 radical (unpaired) electrons. The number of carbonyl (C=O) groups is 1. The average molecular weight is 392 g/mol. The van der Waals surface area contributed by atoms with Gasteiger partial charge in [-0.15, -0.1) is 0 Å². The number of halogens is 1. The number of allylic oxidation sites excluding steroid dienone is 1. The lowest BCUT2D eigenvalue weighted by molar-refractivity contribution is 0.104. The van der Waals surface area contributed by atoms with Crippen LogP contribution in [0.3, 0.4) is 0 Å². The van der Waals surface area contributed by atoms with Gasteiger partial charge in [-0.05, 0) is 30.2 Å². The number of hydrogen-bond donors (Lipinski definition) is 2. The maximum atomic E-state index is 12.8. The summed E-state index contributed by atoms with van der Waals surface area (Å²) in [6, 6.07) is 2.96. The molecule has 2 heterocycles. The topological polar surface area (TPSA) is 103 Å². The van der Waals surface area contributed by atoms with Crippen molar-refractivity contribution in [1.82, 2.24) is 9.13 Å². The van der Waals surface area contributed by atoms with Crippen LogP contribution >= 0.6 is 11.6 Å². The highest BCUT2D eigenvalue weighted by Crippen LogP contribution is 2.36. The number of carbonyl (C=O) groups excluding carboxylic acids is 1. The number of aromatic hydroxyl groups is 1. The number of phenols is 1. The van der Waals surface area contributed by atoms with E-state index in [1.807, 2.05) is 6.92 Å². The minimum absolute atomic E-state index is 0.0583. The van der Waals surface area contributed by atoms with Crippen LogP contribution in [0, 0.1) is 0 Å². The molecule has 3 rings (SSSR count). The zero-order valence-electron chi connectivity index (χ0n) is 15.0. The van der Waals surface area contributed by atoms with Crippen LogP contribution in [0.2, 0.25) is 5.02 Å². The van der Waals surface area contributed by atoms with E-state index in [2.05, 4.69) is 5.32 Å². The molecular formula is C18H18ClN3O5. The summed E-state index contributed by atoms with van der Waals surface area (Å²) in [7, 11) is 2.72. The van der Waals surface area contributed by atoms with E-state index in [1.54, 1.807) is 0 Å². The van der Waals surface area contributed by atoms with Gasteiger partial charge in [0.1, 0.15) is 11.4 Å². The number of methoxy groups -OCH3 is 1. The number of Topliss-reactive ketones (excluding diaryl/α,β-unsaturated/α-hetero) is 1. The summed E-state index contributed by atoms with van der Waals surface area (Å²) in [5.74, 6) is -0.381. The minimum atomic E-state index is -0.649. The summed E-state index contributed by atoms with van der Waals surface area (Å²) < 4.78 is 7.36. The number of hydrogen-bond acceptors (Lipinski definition) is 6. The van der Waals surface area contributed by atoms with Gasteiger partial charge in [0, 0.05) is 13.6 Å². The normalized spacial score (nSPS) is 14.4. The molecule has 0 spiro atoms. The van der Waals surface area contributed by atoms with E-state index in [0.717, 1.165) is 4.57 Å². The molecule has 0 bridgehead atoms. The summed E-state index contributed by atoms with van der Waals surface area (Å²) in [6.45, 7) is 2.25. The Morgan fingerprint density at radius 1 is 1.30 bits per heavy atom. The molecule has 1 aromatic carbocycles. The van der Waals surface area contributed by atoms with Gasteiger partial charge in [0.15, 0.2) is 11.5 Å². The minimum Gasteiger partial charge on any atom is -0.503 e. The number of fused-ring (bicyclic) bond motifs is 1. The molecule has 2 N–H and O–H groups in total. The van der Waals surface area contributed by atoms with Gasteiger partial charge >= 0.3 is 5.69 Å². The molecule has 0 atom stereocenters. The van der Waals surface area contributed by atoms with E-state index in [4.69, 9.17) is 16.3 Å². The van der Waals surface area contributed by atoms with Gasteiger partial charge in [-0.25, -0.2) is 4.79 Å². The SMILES string of the molecule is CCCn1c2c(c(=O)n(C)c1=O)C(=O)/C(=C\c1cc(Cl)c(O)c(OC)c1)N2. The Kier molecular flexibility index (Phi) is 4.84. The Labute approximate surface area is 159 Å². The monoisotopic (exact) mass is 391 g/mol. The molecule has 8 nitrogen and oxygen atoms in total. The molecule has 2 aromatic rings. The summed E-state index contributed by atoms with van der Waals surface area (Å²) in [6.07, 6.45) is 2.14. The molecule has 1 aromatic heterocycles. The number of nitrogens with zero attached hydrogens (tertiary/aromatic N) is 2. The third-order valence-electron chi connectivity index (χ3n) is 4.30. The average Bonchev–Trinajstić information content (AvgIpc) is 2.96. The first-order valence-corrected chi connectivity index (χ1v) is 8.61. The van der Waals surface area contributed by atoms with Gasteiger partial charge in [-0.2, -0.15) is 0 Å². The van der Waals surface area contributed by atoms with Gasteiger partial charge in [0.25, 0.3) is 5.56 Å². The highest BCUT2D eigenvalue weighted by atomic mass is 35.5. The van der Waals surface area contributed by atoms with E-state index >= 15 is 0 Å². The van der Waals surface area contributed by atoms with Gasteiger partial charge in [0.2, 0.25) is 5.78 Å². The number of anilines is 1. The lowest BCUT2D eigenvalue weighted by Crippen LogP contribution is -2.40. The zero-order valence-corrected chi connectivity index (χ0v) is 15.8. The van der Waals surface area contributed by atoms with Gasteiger partial charge in [-0.1, -0.05) is 18.5 Å². The maximum Gasteiger partial charge on any atom is 0.332 e. The lowest BCUT2D eigenvalue weighted by Gasteiger charge is -2.11. The first-order chi connectivity index (χ1) is 12.8. The molecule has 0 unspecified atom stereocenters. The Balaban J connectivity index is 2.15. The molecule has 0 saturated carbocycles. The second kappa shape index (κ2) is 6.96.